The number of nitrogens with one attached hydrogen (secondary N) is 1. The average molecular weight is 210 g/mol. The van der Waals surface area contributed by atoms with E-state index >= 15 is 0 Å². The van der Waals surface area contributed by atoms with Crippen molar-refractivity contribution in [2.45, 2.75) is 44.9 Å². The minimum absolute atomic E-state index is 0.182. The maximum Gasteiger partial charge on any atom is 0.0819 e. The van der Waals surface area contributed by atoms with Crippen LogP contribution < -0.4 is 5.32 Å². The van der Waals surface area contributed by atoms with Gasteiger partial charge in [-0.25, -0.2) is 0 Å². The largest absolute Gasteiger partial charge is 0.393 e. The molecule has 2 aliphatic rings. The van der Waals surface area contributed by atoms with E-state index < -0.39 is 0 Å². The van der Waals surface area contributed by atoms with Crippen LogP contribution in [0.1, 0.15) is 32.6 Å². The molecule has 1 fully saturated rings. The molecule has 3 unspecified atom stereocenters. The molecule has 86 valence electrons. The van der Waals surface area contributed by atoms with E-state index in [-0.39, 0.29) is 6.10 Å². The van der Waals surface area contributed by atoms with E-state index in [1.54, 1.807) is 0 Å². The summed E-state index contributed by atoms with van der Waals surface area (Å²) in [5.41, 5.74) is 0. The molecule has 2 heterocycles. The van der Waals surface area contributed by atoms with Gasteiger partial charge >= 0.3 is 0 Å². The summed E-state index contributed by atoms with van der Waals surface area (Å²) < 4.78 is 0. The van der Waals surface area contributed by atoms with E-state index in [1.807, 2.05) is 6.92 Å². The van der Waals surface area contributed by atoms with Gasteiger partial charge in [0.25, 0.3) is 0 Å². The van der Waals surface area contributed by atoms with Crippen LogP contribution in [0.3, 0.4) is 0 Å². The SMILES string of the molecule is CC(O)CC1CCC=CN2CCCNC12. The van der Waals surface area contributed by atoms with Gasteiger partial charge in [-0.3, -0.25) is 5.32 Å². The van der Waals surface area contributed by atoms with Crippen LogP contribution in [0.4, 0.5) is 0 Å². The third-order valence-electron chi connectivity index (χ3n) is 3.40. The Morgan fingerprint density at radius 2 is 2.47 bits per heavy atom. The molecule has 2 rings (SSSR count). The standard InChI is InChI=1S/C12H22N2O/c1-10(15)9-11-5-2-3-7-14-8-4-6-13-12(11)14/h3,7,10-13,15H,2,4-6,8-9H2,1H3. The highest BCUT2D eigenvalue weighted by atomic mass is 16.3. The topological polar surface area (TPSA) is 35.5 Å². The summed E-state index contributed by atoms with van der Waals surface area (Å²) in [6, 6.07) is 0. The first-order chi connectivity index (χ1) is 7.27. The van der Waals surface area contributed by atoms with Gasteiger partial charge in [0.1, 0.15) is 0 Å². The Morgan fingerprint density at radius 3 is 3.27 bits per heavy atom. The predicted octanol–water partition coefficient (Wildman–Crippen LogP) is 1.30. The van der Waals surface area contributed by atoms with Crippen LogP contribution in [-0.4, -0.2) is 35.4 Å². The minimum Gasteiger partial charge on any atom is -0.393 e. The van der Waals surface area contributed by atoms with Crippen LogP contribution in [0.5, 0.6) is 0 Å². The third kappa shape index (κ3) is 2.73. The summed E-state index contributed by atoms with van der Waals surface area (Å²) in [4.78, 5) is 2.41. The molecule has 0 aromatic rings. The third-order valence-corrected chi connectivity index (χ3v) is 3.40. The summed E-state index contributed by atoms with van der Waals surface area (Å²) in [7, 11) is 0. The van der Waals surface area contributed by atoms with E-state index in [0.29, 0.717) is 12.1 Å². The van der Waals surface area contributed by atoms with Gasteiger partial charge in [-0.2, -0.15) is 0 Å². The lowest BCUT2D eigenvalue weighted by atomic mass is 9.93. The molecule has 3 atom stereocenters. The van der Waals surface area contributed by atoms with E-state index in [9.17, 15) is 5.11 Å². The minimum atomic E-state index is -0.182. The van der Waals surface area contributed by atoms with Crippen molar-refractivity contribution in [3.05, 3.63) is 12.3 Å². The summed E-state index contributed by atoms with van der Waals surface area (Å²) in [5.74, 6) is 0.584. The van der Waals surface area contributed by atoms with Crippen molar-refractivity contribution < 1.29 is 5.11 Å². The van der Waals surface area contributed by atoms with Gasteiger partial charge in [0, 0.05) is 6.54 Å². The zero-order valence-corrected chi connectivity index (χ0v) is 9.52. The molecule has 0 bridgehead atoms. The van der Waals surface area contributed by atoms with E-state index in [0.717, 1.165) is 25.9 Å². The molecule has 15 heavy (non-hydrogen) atoms. The number of hydrogen-bond acceptors (Lipinski definition) is 3. The van der Waals surface area contributed by atoms with Crippen LogP contribution in [0, 0.1) is 5.92 Å². The highest BCUT2D eigenvalue weighted by Gasteiger charge is 2.29. The zero-order chi connectivity index (χ0) is 10.7. The summed E-state index contributed by atoms with van der Waals surface area (Å²) >= 11 is 0. The van der Waals surface area contributed by atoms with Crippen molar-refractivity contribution in [2.75, 3.05) is 13.1 Å². The Morgan fingerprint density at radius 1 is 1.60 bits per heavy atom. The van der Waals surface area contributed by atoms with Crippen LogP contribution in [-0.2, 0) is 0 Å². The Kier molecular flexibility index (Phi) is 3.65. The van der Waals surface area contributed by atoms with Crippen LogP contribution in [0.2, 0.25) is 0 Å². The monoisotopic (exact) mass is 210 g/mol. The second-order valence-electron chi connectivity index (χ2n) is 4.80. The van der Waals surface area contributed by atoms with Crippen molar-refractivity contribution >= 4 is 0 Å². The number of rotatable bonds is 2. The van der Waals surface area contributed by atoms with Gasteiger partial charge in [0.15, 0.2) is 0 Å². The summed E-state index contributed by atoms with van der Waals surface area (Å²) in [5, 5.41) is 13.1. The molecule has 0 saturated carbocycles. The number of aliphatic hydroxyl groups excluding tert-OH is 1. The molecule has 0 aromatic heterocycles. The quantitative estimate of drug-likeness (QED) is 0.721. The highest BCUT2D eigenvalue weighted by molar-refractivity contribution is 4.95. The molecule has 3 nitrogen and oxygen atoms in total. The second-order valence-corrected chi connectivity index (χ2v) is 4.80. The smallest absolute Gasteiger partial charge is 0.0819 e. The second kappa shape index (κ2) is 4.99. The maximum absolute atomic E-state index is 9.52. The lowest BCUT2D eigenvalue weighted by molar-refractivity contribution is 0.0845. The molecule has 1 saturated heterocycles. The summed E-state index contributed by atoms with van der Waals surface area (Å²) in [6.45, 7) is 4.17. The van der Waals surface area contributed by atoms with Gasteiger partial charge < -0.3 is 10.0 Å². The molecule has 0 spiro atoms. The Bertz CT molecular complexity index is 228. The molecule has 2 N–H and O–H groups in total. The lowest BCUT2D eigenvalue weighted by Gasteiger charge is -2.40. The molecule has 2 aliphatic heterocycles. The van der Waals surface area contributed by atoms with Crippen molar-refractivity contribution in [1.29, 1.82) is 0 Å². The molecule has 0 amide bonds. The Balaban J connectivity index is 2.03. The van der Waals surface area contributed by atoms with Crippen molar-refractivity contribution in [2.24, 2.45) is 5.92 Å². The number of nitrogens with zero attached hydrogens (tertiary/aromatic N) is 1. The number of fused-ring (bicyclic) bond motifs is 1. The molecule has 0 aliphatic carbocycles. The van der Waals surface area contributed by atoms with Crippen LogP contribution in [0.15, 0.2) is 12.3 Å². The fraction of sp³-hybridized carbons (Fsp3) is 0.833. The van der Waals surface area contributed by atoms with Gasteiger partial charge in [0.05, 0.1) is 12.3 Å². The van der Waals surface area contributed by atoms with E-state index in [2.05, 4.69) is 22.5 Å². The number of aliphatic hydroxyl groups is 1. The van der Waals surface area contributed by atoms with Gasteiger partial charge in [-0.15, -0.1) is 0 Å². The zero-order valence-electron chi connectivity index (χ0n) is 9.52. The highest BCUT2D eigenvalue weighted by Crippen LogP contribution is 2.26. The maximum atomic E-state index is 9.52. The fourth-order valence-corrected chi connectivity index (χ4v) is 2.74. The molecular formula is C12H22N2O. The fourth-order valence-electron chi connectivity index (χ4n) is 2.74. The Labute approximate surface area is 92.2 Å². The first-order valence-corrected chi connectivity index (χ1v) is 6.11. The van der Waals surface area contributed by atoms with Gasteiger partial charge in [0.2, 0.25) is 0 Å². The van der Waals surface area contributed by atoms with E-state index in [4.69, 9.17) is 0 Å². The Hall–Kier alpha value is -0.540. The van der Waals surface area contributed by atoms with E-state index in [1.165, 1.54) is 12.8 Å². The normalized spacial score (nSPS) is 33.3. The average Bonchev–Trinajstić information content (AvgIpc) is 2.41. The van der Waals surface area contributed by atoms with Crippen molar-refractivity contribution in [3.63, 3.8) is 0 Å². The number of allylic oxidation sites excluding steroid dienone is 1. The first-order valence-electron chi connectivity index (χ1n) is 6.11. The van der Waals surface area contributed by atoms with Gasteiger partial charge in [-0.05, 0) is 51.3 Å². The van der Waals surface area contributed by atoms with Crippen molar-refractivity contribution in [1.82, 2.24) is 10.2 Å². The summed E-state index contributed by atoms with van der Waals surface area (Å²) in [6.07, 6.45) is 9.24. The number of hydrogen-bond donors (Lipinski definition) is 2. The van der Waals surface area contributed by atoms with Crippen LogP contribution >= 0.6 is 0 Å². The molecular weight excluding hydrogens is 188 g/mol. The van der Waals surface area contributed by atoms with Crippen molar-refractivity contribution in [3.8, 4) is 0 Å². The molecule has 0 aromatic carbocycles. The molecule has 0 radical (unpaired) electrons. The van der Waals surface area contributed by atoms with Gasteiger partial charge in [-0.1, -0.05) is 6.08 Å². The lowest BCUT2D eigenvalue weighted by Crippen LogP contribution is -2.52. The predicted molar refractivity (Wildman–Crippen MR) is 61.3 cm³/mol. The first kappa shape index (κ1) is 11.0. The molecule has 3 heteroatoms. The van der Waals surface area contributed by atoms with Crippen LogP contribution in [0.25, 0.3) is 0 Å².